The molecular formula is C14H14BrN3O. The van der Waals surface area contributed by atoms with Gasteiger partial charge in [0.05, 0.1) is 6.54 Å². The van der Waals surface area contributed by atoms with Crippen molar-refractivity contribution in [2.45, 2.75) is 6.54 Å². The Morgan fingerprint density at radius 3 is 2.68 bits per heavy atom. The van der Waals surface area contributed by atoms with Gasteiger partial charge < -0.3 is 10.6 Å². The fourth-order valence-electron chi connectivity index (χ4n) is 1.56. The van der Waals surface area contributed by atoms with Gasteiger partial charge in [0.25, 0.3) is 0 Å². The highest BCUT2D eigenvalue weighted by Gasteiger charge is 2.01. The zero-order valence-electron chi connectivity index (χ0n) is 10.3. The average molecular weight is 320 g/mol. The number of nitrogens with one attached hydrogen (secondary N) is 2. The molecule has 2 N–H and O–H groups in total. The molecule has 0 fully saturated rings. The van der Waals surface area contributed by atoms with Gasteiger partial charge in [0, 0.05) is 29.1 Å². The summed E-state index contributed by atoms with van der Waals surface area (Å²) in [4.78, 5) is 15.7. The molecule has 2 aromatic rings. The van der Waals surface area contributed by atoms with Crippen LogP contribution in [0.1, 0.15) is 5.56 Å². The Morgan fingerprint density at radius 2 is 2.00 bits per heavy atom. The van der Waals surface area contributed by atoms with Gasteiger partial charge in [-0.3, -0.25) is 9.78 Å². The Bertz CT molecular complexity index is 528. The first-order chi connectivity index (χ1) is 9.24. The lowest BCUT2D eigenvalue weighted by Gasteiger charge is -2.06. The van der Waals surface area contributed by atoms with Gasteiger partial charge in [0.1, 0.15) is 0 Å². The SMILES string of the molecule is O=C(CNCc1cccnc1)Nc1ccc(Br)cc1. The number of amides is 1. The maximum absolute atomic E-state index is 11.7. The van der Waals surface area contributed by atoms with E-state index in [4.69, 9.17) is 0 Å². The lowest BCUT2D eigenvalue weighted by Crippen LogP contribution is -2.27. The third kappa shape index (κ3) is 4.81. The third-order valence-electron chi connectivity index (χ3n) is 2.47. The number of nitrogens with zero attached hydrogens (tertiary/aromatic N) is 1. The molecule has 0 spiro atoms. The van der Waals surface area contributed by atoms with Crippen molar-refractivity contribution in [3.8, 4) is 0 Å². The van der Waals surface area contributed by atoms with Crippen molar-refractivity contribution < 1.29 is 4.79 Å². The normalized spacial score (nSPS) is 10.2. The third-order valence-corrected chi connectivity index (χ3v) is 2.99. The van der Waals surface area contributed by atoms with Crippen LogP contribution in [0.15, 0.2) is 53.3 Å². The summed E-state index contributed by atoms with van der Waals surface area (Å²) in [7, 11) is 0. The fourth-order valence-corrected chi connectivity index (χ4v) is 1.83. The molecule has 0 aliphatic rings. The van der Waals surface area contributed by atoms with Crippen molar-refractivity contribution in [3.63, 3.8) is 0 Å². The molecule has 0 unspecified atom stereocenters. The number of rotatable bonds is 5. The summed E-state index contributed by atoms with van der Waals surface area (Å²) >= 11 is 3.35. The highest BCUT2D eigenvalue weighted by Crippen LogP contribution is 2.13. The van der Waals surface area contributed by atoms with Crippen molar-refractivity contribution in [1.82, 2.24) is 10.3 Å². The molecule has 2 rings (SSSR count). The van der Waals surface area contributed by atoms with Crippen molar-refractivity contribution in [2.24, 2.45) is 0 Å². The van der Waals surface area contributed by atoms with E-state index >= 15 is 0 Å². The van der Waals surface area contributed by atoms with E-state index in [1.165, 1.54) is 0 Å². The van der Waals surface area contributed by atoms with E-state index in [9.17, 15) is 4.79 Å². The van der Waals surface area contributed by atoms with Crippen molar-refractivity contribution >= 4 is 27.5 Å². The molecule has 0 bridgehead atoms. The zero-order valence-corrected chi connectivity index (χ0v) is 11.9. The number of hydrogen-bond donors (Lipinski definition) is 2. The van der Waals surface area contributed by atoms with Crippen LogP contribution < -0.4 is 10.6 Å². The standard InChI is InChI=1S/C14H14BrN3O/c15-12-3-5-13(6-4-12)18-14(19)10-17-9-11-2-1-7-16-8-11/h1-8,17H,9-10H2,(H,18,19). The summed E-state index contributed by atoms with van der Waals surface area (Å²) in [6.45, 7) is 0.895. The van der Waals surface area contributed by atoms with E-state index in [1.54, 1.807) is 12.4 Å². The summed E-state index contributed by atoms with van der Waals surface area (Å²) < 4.78 is 0.986. The van der Waals surface area contributed by atoms with Crippen molar-refractivity contribution in [2.75, 3.05) is 11.9 Å². The molecule has 1 aromatic heterocycles. The highest BCUT2D eigenvalue weighted by atomic mass is 79.9. The monoisotopic (exact) mass is 319 g/mol. The minimum Gasteiger partial charge on any atom is -0.325 e. The predicted molar refractivity (Wildman–Crippen MR) is 78.7 cm³/mol. The summed E-state index contributed by atoms with van der Waals surface area (Å²) in [6.07, 6.45) is 3.50. The average Bonchev–Trinajstić information content (AvgIpc) is 2.43. The van der Waals surface area contributed by atoms with Crippen LogP contribution in [0.4, 0.5) is 5.69 Å². The van der Waals surface area contributed by atoms with Crippen LogP contribution in [0.2, 0.25) is 0 Å². The van der Waals surface area contributed by atoms with E-state index in [0.717, 1.165) is 15.7 Å². The molecule has 0 aliphatic carbocycles. The van der Waals surface area contributed by atoms with Gasteiger partial charge in [-0.15, -0.1) is 0 Å². The van der Waals surface area contributed by atoms with E-state index in [1.807, 2.05) is 36.4 Å². The van der Waals surface area contributed by atoms with E-state index in [-0.39, 0.29) is 12.5 Å². The first-order valence-electron chi connectivity index (χ1n) is 5.89. The van der Waals surface area contributed by atoms with E-state index in [0.29, 0.717) is 6.54 Å². The molecular weight excluding hydrogens is 306 g/mol. The molecule has 0 saturated carbocycles. The number of carbonyl (C=O) groups excluding carboxylic acids is 1. The number of carbonyl (C=O) groups is 1. The number of aromatic nitrogens is 1. The first-order valence-corrected chi connectivity index (χ1v) is 6.68. The maximum atomic E-state index is 11.7. The summed E-state index contributed by atoms with van der Waals surface area (Å²) in [5, 5.41) is 5.89. The van der Waals surface area contributed by atoms with Crippen LogP contribution >= 0.6 is 15.9 Å². The first kappa shape index (κ1) is 13.7. The van der Waals surface area contributed by atoms with Crippen LogP contribution in [-0.4, -0.2) is 17.4 Å². The van der Waals surface area contributed by atoms with E-state index in [2.05, 4.69) is 31.5 Å². The number of benzene rings is 1. The molecule has 4 nitrogen and oxygen atoms in total. The molecule has 5 heteroatoms. The second kappa shape index (κ2) is 7.01. The summed E-state index contributed by atoms with van der Waals surface area (Å²) in [5.74, 6) is -0.0637. The molecule has 0 saturated heterocycles. The fraction of sp³-hybridized carbons (Fsp3) is 0.143. The molecule has 19 heavy (non-hydrogen) atoms. The van der Waals surface area contributed by atoms with Gasteiger partial charge in [-0.1, -0.05) is 22.0 Å². The number of pyridine rings is 1. The lowest BCUT2D eigenvalue weighted by molar-refractivity contribution is -0.115. The second-order valence-corrected chi connectivity index (χ2v) is 4.94. The Kier molecular flexibility index (Phi) is 5.06. The second-order valence-electron chi connectivity index (χ2n) is 4.02. The van der Waals surface area contributed by atoms with Gasteiger partial charge in [-0.2, -0.15) is 0 Å². The molecule has 1 aromatic carbocycles. The lowest BCUT2D eigenvalue weighted by atomic mass is 10.3. The minimum absolute atomic E-state index is 0.0637. The van der Waals surface area contributed by atoms with Crippen LogP contribution in [0.25, 0.3) is 0 Å². The predicted octanol–water partition coefficient (Wildman–Crippen LogP) is 2.57. The number of hydrogen-bond acceptors (Lipinski definition) is 3. The van der Waals surface area contributed by atoms with Gasteiger partial charge in [-0.25, -0.2) is 0 Å². The highest BCUT2D eigenvalue weighted by molar-refractivity contribution is 9.10. The summed E-state index contributed by atoms with van der Waals surface area (Å²) in [5.41, 5.74) is 1.84. The Morgan fingerprint density at radius 1 is 1.21 bits per heavy atom. The van der Waals surface area contributed by atoms with Gasteiger partial charge >= 0.3 is 0 Å². The maximum Gasteiger partial charge on any atom is 0.238 e. The molecule has 0 radical (unpaired) electrons. The molecule has 0 aliphatic heterocycles. The van der Waals surface area contributed by atoms with Gasteiger partial charge in [0.15, 0.2) is 0 Å². The van der Waals surface area contributed by atoms with E-state index < -0.39 is 0 Å². The molecule has 1 heterocycles. The molecule has 1 amide bonds. The summed E-state index contributed by atoms with van der Waals surface area (Å²) in [6, 6.07) is 11.3. The quantitative estimate of drug-likeness (QED) is 0.890. The number of halogens is 1. The smallest absolute Gasteiger partial charge is 0.238 e. The van der Waals surface area contributed by atoms with Gasteiger partial charge in [0.2, 0.25) is 5.91 Å². The Balaban J connectivity index is 1.74. The van der Waals surface area contributed by atoms with Crippen molar-refractivity contribution in [3.05, 3.63) is 58.8 Å². The minimum atomic E-state index is -0.0637. The van der Waals surface area contributed by atoms with Crippen LogP contribution in [-0.2, 0) is 11.3 Å². The van der Waals surface area contributed by atoms with Crippen LogP contribution in [0, 0.1) is 0 Å². The topological polar surface area (TPSA) is 54.0 Å². The zero-order chi connectivity index (χ0) is 13.5. The largest absolute Gasteiger partial charge is 0.325 e. The molecule has 0 atom stereocenters. The Labute approximate surface area is 120 Å². The number of anilines is 1. The van der Waals surface area contributed by atoms with Crippen LogP contribution in [0.5, 0.6) is 0 Å². The van der Waals surface area contributed by atoms with Gasteiger partial charge in [-0.05, 0) is 35.9 Å². The Hall–Kier alpha value is -1.72. The van der Waals surface area contributed by atoms with Crippen LogP contribution in [0.3, 0.4) is 0 Å². The van der Waals surface area contributed by atoms with Crippen molar-refractivity contribution in [1.29, 1.82) is 0 Å². The molecule has 98 valence electrons.